The summed E-state index contributed by atoms with van der Waals surface area (Å²) in [5.74, 6) is 0. The van der Waals surface area contributed by atoms with Crippen LogP contribution in [-0.4, -0.2) is 18.0 Å². The van der Waals surface area contributed by atoms with Gasteiger partial charge in [-0.2, -0.15) is 0 Å². The monoisotopic (exact) mass is 352 g/mol. The van der Waals surface area contributed by atoms with E-state index in [1.54, 1.807) is 11.3 Å². The minimum absolute atomic E-state index is 0.0882. The van der Waals surface area contributed by atoms with Crippen molar-refractivity contribution in [1.29, 1.82) is 0 Å². The Balaban J connectivity index is 2.20. The average molecular weight is 353 g/mol. The number of rotatable bonds is 5. The third kappa shape index (κ3) is 3.92. The molecule has 1 heterocycles. The van der Waals surface area contributed by atoms with Gasteiger partial charge >= 0.3 is 0 Å². The maximum Gasteiger partial charge on any atom is 0.0497 e. The molecule has 2 unspecified atom stereocenters. The molecule has 0 aliphatic rings. The number of nitrogens with zero attached hydrogens (tertiary/aromatic N) is 1. The topological polar surface area (TPSA) is 29.3 Å². The van der Waals surface area contributed by atoms with E-state index in [0.717, 1.165) is 11.0 Å². The van der Waals surface area contributed by atoms with Crippen molar-refractivity contribution in [3.63, 3.8) is 0 Å². The van der Waals surface area contributed by atoms with E-state index in [2.05, 4.69) is 77.4 Å². The van der Waals surface area contributed by atoms with Crippen LogP contribution in [0.4, 0.5) is 0 Å². The van der Waals surface area contributed by atoms with Gasteiger partial charge in [0.15, 0.2) is 0 Å². The summed E-state index contributed by atoms with van der Waals surface area (Å²) in [5, 5.41) is 2.12. The number of hydrogen-bond acceptors (Lipinski definition) is 3. The molecule has 1 aromatic heterocycles. The molecule has 1 aromatic carbocycles. The molecule has 2 nitrogen and oxygen atoms in total. The molecule has 0 amide bonds. The zero-order valence-electron chi connectivity index (χ0n) is 12.1. The quantitative estimate of drug-likeness (QED) is 0.866. The lowest BCUT2D eigenvalue weighted by atomic mass is 9.98. The van der Waals surface area contributed by atoms with E-state index in [-0.39, 0.29) is 12.1 Å². The fourth-order valence-electron chi connectivity index (χ4n) is 2.59. The normalized spacial score (nSPS) is 14.5. The number of nitrogens with two attached hydrogens (primary N) is 1. The first-order valence-corrected chi connectivity index (χ1v) is 8.40. The molecule has 108 valence electrons. The Bertz CT molecular complexity index is 565. The molecule has 2 rings (SSSR count). The molecule has 0 radical (unpaired) electrons. The minimum Gasteiger partial charge on any atom is -0.326 e. The summed E-state index contributed by atoms with van der Waals surface area (Å²) < 4.78 is 1.15. The molecular weight excluding hydrogens is 332 g/mol. The number of likely N-dealkylation sites (N-methyl/N-ethyl adjacent to an activating group) is 1. The van der Waals surface area contributed by atoms with Gasteiger partial charge in [-0.1, -0.05) is 29.8 Å². The lowest BCUT2D eigenvalue weighted by Crippen LogP contribution is -2.36. The fourth-order valence-corrected chi connectivity index (χ4v) is 4.11. The molecule has 4 heteroatoms. The number of aryl methyl sites for hydroxylation is 1. The average Bonchev–Trinajstić information content (AvgIpc) is 2.74. The molecule has 0 saturated heterocycles. The molecule has 2 aromatic rings. The standard InChI is InChI=1S/C16H21BrN2S/c1-11-5-4-6-13(7-11)16(12(2)18)19(3)9-15-8-14(17)10-20-15/h4-8,10,12,16H,9,18H2,1-3H3. The molecule has 2 atom stereocenters. The van der Waals surface area contributed by atoms with Crippen LogP contribution >= 0.6 is 27.3 Å². The summed E-state index contributed by atoms with van der Waals surface area (Å²) in [6, 6.07) is 11.1. The number of halogens is 1. The Labute approximate surface area is 133 Å². The van der Waals surface area contributed by atoms with Crippen LogP contribution in [0.2, 0.25) is 0 Å². The predicted octanol–water partition coefficient (Wildman–Crippen LogP) is 4.34. The maximum atomic E-state index is 6.23. The van der Waals surface area contributed by atoms with Crippen molar-refractivity contribution in [1.82, 2.24) is 4.90 Å². The zero-order chi connectivity index (χ0) is 14.7. The Morgan fingerprint density at radius 3 is 2.65 bits per heavy atom. The third-order valence-corrected chi connectivity index (χ3v) is 5.07. The first-order chi connectivity index (χ1) is 9.47. The molecule has 0 bridgehead atoms. The van der Waals surface area contributed by atoms with Gasteiger partial charge in [-0.15, -0.1) is 11.3 Å². The maximum absolute atomic E-state index is 6.23. The summed E-state index contributed by atoms with van der Waals surface area (Å²) in [6.45, 7) is 5.11. The van der Waals surface area contributed by atoms with E-state index in [1.807, 2.05) is 0 Å². The van der Waals surface area contributed by atoms with Gasteiger partial charge in [0, 0.05) is 33.4 Å². The molecule has 0 aliphatic heterocycles. The van der Waals surface area contributed by atoms with Crippen LogP contribution in [0.5, 0.6) is 0 Å². The van der Waals surface area contributed by atoms with E-state index in [4.69, 9.17) is 5.73 Å². The Kier molecular flexibility index (Phi) is 5.38. The van der Waals surface area contributed by atoms with Crippen molar-refractivity contribution in [3.8, 4) is 0 Å². The summed E-state index contributed by atoms with van der Waals surface area (Å²) >= 11 is 5.29. The van der Waals surface area contributed by atoms with Gasteiger partial charge < -0.3 is 5.73 Å². The van der Waals surface area contributed by atoms with Gasteiger partial charge in [-0.25, -0.2) is 0 Å². The van der Waals surface area contributed by atoms with Crippen LogP contribution in [0.1, 0.15) is 29.0 Å². The van der Waals surface area contributed by atoms with E-state index < -0.39 is 0 Å². The van der Waals surface area contributed by atoms with Crippen molar-refractivity contribution in [2.45, 2.75) is 32.5 Å². The van der Waals surface area contributed by atoms with Crippen molar-refractivity contribution < 1.29 is 0 Å². The van der Waals surface area contributed by atoms with Crippen LogP contribution in [-0.2, 0) is 6.54 Å². The highest BCUT2D eigenvalue weighted by atomic mass is 79.9. The molecule has 2 N–H and O–H groups in total. The Morgan fingerprint density at radius 1 is 1.35 bits per heavy atom. The first kappa shape index (κ1) is 15.7. The van der Waals surface area contributed by atoms with Gasteiger partial charge in [0.1, 0.15) is 0 Å². The summed E-state index contributed by atoms with van der Waals surface area (Å²) in [4.78, 5) is 3.68. The SMILES string of the molecule is Cc1cccc(C(C(C)N)N(C)Cc2cc(Br)cs2)c1. The van der Waals surface area contributed by atoms with Crippen LogP contribution in [0.3, 0.4) is 0 Å². The molecular formula is C16H21BrN2S. The van der Waals surface area contributed by atoms with Crippen molar-refractivity contribution in [3.05, 3.63) is 56.2 Å². The lowest BCUT2D eigenvalue weighted by molar-refractivity contribution is 0.212. The van der Waals surface area contributed by atoms with Crippen molar-refractivity contribution in [2.24, 2.45) is 5.73 Å². The van der Waals surface area contributed by atoms with Gasteiger partial charge in [-0.3, -0.25) is 4.90 Å². The van der Waals surface area contributed by atoms with Crippen LogP contribution in [0, 0.1) is 6.92 Å². The molecule has 20 heavy (non-hydrogen) atoms. The zero-order valence-corrected chi connectivity index (χ0v) is 14.5. The molecule has 0 fully saturated rings. The molecule has 0 saturated carbocycles. The van der Waals surface area contributed by atoms with E-state index in [1.165, 1.54) is 16.0 Å². The highest BCUT2D eigenvalue weighted by molar-refractivity contribution is 9.10. The first-order valence-electron chi connectivity index (χ1n) is 6.72. The largest absolute Gasteiger partial charge is 0.326 e. The predicted molar refractivity (Wildman–Crippen MR) is 91.1 cm³/mol. The van der Waals surface area contributed by atoms with Gasteiger partial charge in [0.05, 0.1) is 0 Å². The van der Waals surface area contributed by atoms with Crippen LogP contribution < -0.4 is 5.73 Å². The number of benzene rings is 1. The summed E-state index contributed by atoms with van der Waals surface area (Å²) in [5.41, 5.74) is 8.80. The summed E-state index contributed by atoms with van der Waals surface area (Å²) in [7, 11) is 2.14. The smallest absolute Gasteiger partial charge is 0.0497 e. The van der Waals surface area contributed by atoms with Gasteiger partial charge in [-0.05, 0) is 48.5 Å². The van der Waals surface area contributed by atoms with Crippen LogP contribution in [0.15, 0.2) is 40.2 Å². The highest BCUT2D eigenvalue weighted by Gasteiger charge is 2.21. The van der Waals surface area contributed by atoms with E-state index in [9.17, 15) is 0 Å². The fraction of sp³-hybridized carbons (Fsp3) is 0.375. The van der Waals surface area contributed by atoms with E-state index in [0.29, 0.717) is 0 Å². The Hall–Kier alpha value is -0.680. The highest BCUT2D eigenvalue weighted by Crippen LogP contribution is 2.27. The second-order valence-electron chi connectivity index (χ2n) is 5.36. The number of hydrogen-bond donors (Lipinski definition) is 1. The van der Waals surface area contributed by atoms with Gasteiger partial charge in [0.25, 0.3) is 0 Å². The molecule has 0 spiro atoms. The molecule has 0 aliphatic carbocycles. The van der Waals surface area contributed by atoms with Crippen molar-refractivity contribution >= 4 is 27.3 Å². The third-order valence-electron chi connectivity index (χ3n) is 3.38. The van der Waals surface area contributed by atoms with Gasteiger partial charge in [0.2, 0.25) is 0 Å². The second-order valence-corrected chi connectivity index (χ2v) is 7.28. The van der Waals surface area contributed by atoms with Crippen LogP contribution in [0.25, 0.3) is 0 Å². The van der Waals surface area contributed by atoms with Crippen molar-refractivity contribution in [2.75, 3.05) is 7.05 Å². The number of thiophene rings is 1. The second kappa shape index (κ2) is 6.85. The Morgan fingerprint density at radius 2 is 2.10 bits per heavy atom. The summed E-state index contributed by atoms with van der Waals surface area (Å²) in [6.07, 6.45) is 0. The van der Waals surface area contributed by atoms with E-state index >= 15 is 0 Å². The minimum atomic E-state index is 0.0882. The lowest BCUT2D eigenvalue weighted by Gasteiger charge is -2.31.